The van der Waals surface area contributed by atoms with E-state index in [1.54, 1.807) is 6.92 Å². The third-order valence-electron chi connectivity index (χ3n) is 2.02. The van der Waals surface area contributed by atoms with Crippen molar-refractivity contribution >= 4 is 0 Å². The molecule has 0 spiro atoms. The maximum Gasteiger partial charge on any atom is 0.389 e. The number of aliphatic hydroxyl groups is 1. The van der Waals surface area contributed by atoms with Crippen molar-refractivity contribution in [1.29, 1.82) is 0 Å². The van der Waals surface area contributed by atoms with Crippen LogP contribution in [0.4, 0.5) is 13.2 Å². The van der Waals surface area contributed by atoms with Gasteiger partial charge in [-0.15, -0.1) is 0 Å². The molecule has 0 heterocycles. The molecule has 1 atom stereocenters. The van der Waals surface area contributed by atoms with Crippen LogP contribution in [0.15, 0.2) is 0 Å². The summed E-state index contributed by atoms with van der Waals surface area (Å²) in [7, 11) is 0. The van der Waals surface area contributed by atoms with Crippen LogP contribution in [0.3, 0.4) is 0 Å². The van der Waals surface area contributed by atoms with Gasteiger partial charge in [-0.2, -0.15) is 13.2 Å². The molecule has 0 saturated carbocycles. The van der Waals surface area contributed by atoms with Crippen LogP contribution in [0.2, 0.25) is 0 Å². The standard InChI is InChI=1S/C10H19F3O/c1-8(2)7-9(3,14)5-4-6-10(11,12)13/h8,14H,4-7H2,1-3H3. The zero-order valence-corrected chi connectivity index (χ0v) is 8.99. The summed E-state index contributed by atoms with van der Waals surface area (Å²) in [6.45, 7) is 5.49. The van der Waals surface area contributed by atoms with Crippen molar-refractivity contribution in [2.45, 2.75) is 58.2 Å². The molecule has 0 aliphatic heterocycles. The first-order valence-electron chi connectivity index (χ1n) is 4.91. The zero-order chi connectivity index (χ0) is 11.4. The van der Waals surface area contributed by atoms with Gasteiger partial charge in [0.2, 0.25) is 0 Å². The van der Waals surface area contributed by atoms with Crippen molar-refractivity contribution in [2.24, 2.45) is 5.92 Å². The highest BCUT2D eigenvalue weighted by Gasteiger charge is 2.29. The summed E-state index contributed by atoms with van der Waals surface area (Å²) in [5.41, 5.74) is -0.959. The average Bonchev–Trinajstić information content (AvgIpc) is 1.78. The minimum atomic E-state index is -4.10. The molecule has 1 unspecified atom stereocenters. The van der Waals surface area contributed by atoms with Crippen LogP contribution < -0.4 is 0 Å². The first-order chi connectivity index (χ1) is 6.12. The summed E-state index contributed by atoms with van der Waals surface area (Å²) in [4.78, 5) is 0. The second-order valence-corrected chi connectivity index (χ2v) is 4.56. The Morgan fingerprint density at radius 3 is 2.00 bits per heavy atom. The van der Waals surface area contributed by atoms with Gasteiger partial charge in [0.15, 0.2) is 0 Å². The molecule has 0 radical (unpaired) electrons. The third kappa shape index (κ3) is 8.35. The van der Waals surface area contributed by atoms with E-state index in [1.807, 2.05) is 13.8 Å². The fourth-order valence-electron chi connectivity index (χ4n) is 1.65. The van der Waals surface area contributed by atoms with Crippen molar-refractivity contribution in [2.75, 3.05) is 0 Å². The lowest BCUT2D eigenvalue weighted by Gasteiger charge is -2.25. The Morgan fingerprint density at radius 1 is 1.14 bits per heavy atom. The second-order valence-electron chi connectivity index (χ2n) is 4.56. The lowest BCUT2D eigenvalue weighted by Crippen LogP contribution is -2.26. The molecule has 1 nitrogen and oxygen atoms in total. The van der Waals surface area contributed by atoms with Crippen LogP contribution in [0, 0.1) is 5.92 Å². The normalized spacial score (nSPS) is 17.1. The van der Waals surface area contributed by atoms with Crippen LogP contribution in [-0.2, 0) is 0 Å². The van der Waals surface area contributed by atoms with E-state index in [4.69, 9.17) is 0 Å². The average molecular weight is 212 g/mol. The topological polar surface area (TPSA) is 20.2 Å². The lowest BCUT2D eigenvalue weighted by molar-refractivity contribution is -0.137. The highest BCUT2D eigenvalue weighted by molar-refractivity contribution is 4.74. The molecule has 0 saturated heterocycles. The molecule has 0 aromatic rings. The van der Waals surface area contributed by atoms with Gasteiger partial charge in [-0.1, -0.05) is 13.8 Å². The van der Waals surface area contributed by atoms with Gasteiger partial charge in [0.05, 0.1) is 5.60 Å². The van der Waals surface area contributed by atoms with E-state index >= 15 is 0 Å². The lowest BCUT2D eigenvalue weighted by atomic mass is 9.89. The second kappa shape index (κ2) is 5.01. The van der Waals surface area contributed by atoms with Gasteiger partial charge in [-0.3, -0.25) is 0 Å². The van der Waals surface area contributed by atoms with Crippen LogP contribution in [0.25, 0.3) is 0 Å². The van der Waals surface area contributed by atoms with Crippen molar-refractivity contribution in [1.82, 2.24) is 0 Å². The summed E-state index contributed by atoms with van der Waals surface area (Å²) in [6.07, 6.45) is -4.14. The van der Waals surface area contributed by atoms with Crippen LogP contribution in [-0.4, -0.2) is 16.9 Å². The maximum absolute atomic E-state index is 11.8. The molecule has 0 aliphatic carbocycles. The van der Waals surface area contributed by atoms with Gasteiger partial charge in [0.1, 0.15) is 0 Å². The fourth-order valence-corrected chi connectivity index (χ4v) is 1.65. The van der Waals surface area contributed by atoms with Crippen molar-refractivity contribution < 1.29 is 18.3 Å². The van der Waals surface area contributed by atoms with E-state index < -0.39 is 18.2 Å². The van der Waals surface area contributed by atoms with Crippen molar-refractivity contribution in [3.63, 3.8) is 0 Å². The first-order valence-corrected chi connectivity index (χ1v) is 4.91. The monoisotopic (exact) mass is 212 g/mol. The predicted octanol–water partition coefficient (Wildman–Crippen LogP) is 3.52. The van der Waals surface area contributed by atoms with E-state index in [2.05, 4.69) is 0 Å². The molecule has 0 rings (SSSR count). The van der Waals surface area contributed by atoms with Gasteiger partial charge >= 0.3 is 6.18 Å². The Hall–Kier alpha value is -0.250. The molecule has 0 aromatic heterocycles. The van der Waals surface area contributed by atoms with Gasteiger partial charge in [0.25, 0.3) is 0 Å². The SMILES string of the molecule is CC(C)CC(C)(O)CCCC(F)(F)F. The van der Waals surface area contributed by atoms with Crippen molar-refractivity contribution in [3.05, 3.63) is 0 Å². The first kappa shape index (κ1) is 13.8. The smallest absolute Gasteiger partial charge is 0.389 e. The summed E-state index contributed by atoms with van der Waals surface area (Å²) in [5.74, 6) is 0.302. The number of rotatable bonds is 5. The van der Waals surface area contributed by atoms with Crippen LogP contribution in [0.5, 0.6) is 0 Å². The highest BCUT2D eigenvalue weighted by atomic mass is 19.4. The molecule has 0 amide bonds. The Balaban J connectivity index is 3.76. The van der Waals surface area contributed by atoms with E-state index in [0.717, 1.165) is 0 Å². The Kier molecular flexibility index (Phi) is 4.92. The minimum absolute atomic E-state index is 0.00319. The fraction of sp³-hybridized carbons (Fsp3) is 1.00. The molecule has 86 valence electrons. The Labute approximate surface area is 83.3 Å². The van der Waals surface area contributed by atoms with Crippen molar-refractivity contribution in [3.8, 4) is 0 Å². The summed E-state index contributed by atoms with van der Waals surface area (Å²) in [6, 6.07) is 0. The van der Waals surface area contributed by atoms with Crippen LogP contribution in [0.1, 0.15) is 46.5 Å². The molecule has 14 heavy (non-hydrogen) atoms. The summed E-state index contributed by atoms with van der Waals surface area (Å²) < 4.78 is 35.4. The van der Waals surface area contributed by atoms with Gasteiger partial charge in [-0.05, 0) is 32.1 Å². The molecule has 0 bridgehead atoms. The molecule has 0 aromatic carbocycles. The van der Waals surface area contributed by atoms with Crippen LogP contribution >= 0.6 is 0 Å². The Bertz CT molecular complexity index is 161. The van der Waals surface area contributed by atoms with E-state index in [0.29, 0.717) is 12.3 Å². The van der Waals surface area contributed by atoms with E-state index in [1.165, 1.54) is 0 Å². The zero-order valence-electron chi connectivity index (χ0n) is 8.99. The number of alkyl halides is 3. The van der Waals surface area contributed by atoms with E-state index in [9.17, 15) is 18.3 Å². The number of hydrogen-bond acceptors (Lipinski definition) is 1. The summed E-state index contributed by atoms with van der Waals surface area (Å²) in [5, 5.41) is 9.71. The largest absolute Gasteiger partial charge is 0.390 e. The highest BCUT2D eigenvalue weighted by Crippen LogP contribution is 2.27. The molecule has 4 heteroatoms. The molecular weight excluding hydrogens is 193 g/mol. The van der Waals surface area contributed by atoms with Gasteiger partial charge in [0, 0.05) is 6.42 Å². The number of hydrogen-bond donors (Lipinski definition) is 1. The molecular formula is C10H19F3O. The van der Waals surface area contributed by atoms with Gasteiger partial charge < -0.3 is 5.11 Å². The molecule has 0 aliphatic rings. The van der Waals surface area contributed by atoms with E-state index in [-0.39, 0.29) is 12.8 Å². The molecule has 1 N–H and O–H groups in total. The third-order valence-corrected chi connectivity index (χ3v) is 2.02. The predicted molar refractivity (Wildman–Crippen MR) is 50.0 cm³/mol. The maximum atomic E-state index is 11.8. The minimum Gasteiger partial charge on any atom is -0.390 e. The summed E-state index contributed by atoms with van der Waals surface area (Å²) >= 11 is 0. The quantitative estimate of drug-likeness (QED) is 0.739. The Morgan fingerprint density at radius 2 is 1.64 bits per heavy atom. The number of halogens is 3. The molecule has 0 fully saturated rings. The van der Waals surface area contributed by atoms with Gasteiger partial charge in [-0.25, -0.2) is 0 Å².